The summed E-state index contributed by atoms with van der Waals surface area (Å²) in [5.41, 5.74) is 0. The highest BCUT2D eigenvalue weighted by Gasteiger charge is 2.40. The molecule has 8 nitrogen and oxygen atoms in total. The Hall–Kier alpha value is -1.32. The van der Waals surface area contributed by atoms with Crippen molar-refractivity contribution in [2.24, 2.45) is 0 Å². The second kappa shape index (κ2) is 7.19. The summed E-state index contributed by atoms with van der Waals surface area (Å²) in [5.74, 6) is -7.62. The smallest absolute Gasteiger partial charge is 0.367 e. The van der Waals surface area contributed by atoms with Gasteiger partial charge in [-0.3, -0.25) is 4.79 Å². The maximum atomic E-state index is 11.2. The molecule has 9 heteroatoms. The third kappa shape index (κ3) is 5.84. The predicted octanol–water partition coefficient (Wildman–Crippen LogP) is -1.11. The molecule has 0 fully saturated rings. The zero-order chi connectivity index (χ0) is 14.3. The minimum atomic E-state index is -3.24. The molecule has 0 radical (unpaired) electrons. The highest BCUT2D eigenvalue weighted by molar-refractivity contribution is 7.98. The van der Waals surface area contributed by atoms with Gasteiger partial charge in [-0.25, -0.2) is 9.59 Å². The molecular weight excluding hydrogens is 268 g/mol. The van der Waals surface area contributed by atoms with E-state index in [0.717, 1.165) is 0 Å². The molecule has 0 aliphatic carbocycles. The second-order valence-corrected chi connectivity index (χ2v) is 4.39. The van der Waals surface area contributed by atoms with Crippen LogP contribution in [0.15, 0.2) is 0 Å². The van der Waals surface area contributed by atoms with Crippen molar-refractivity contribution in [3.05, 3.63) is 0 Å². The molecule has 1 atom stereocenters. The van der Waals surface area contributed by atoms with E-state index in [4.69, 9.17) is 20.4 Å². The molecule has 104 valence electrons. The van der Waals surface area contributed by atoms with Gasteiger partial charge in [-0.15, -0.1) is 0 Å². The number of hydrogen-bond acceptors (Lipinski definition) is 7. The lowest BCUT2D eigenvalue weighted by Gasteiger charge is -2.20. The van der Waals surface area contributed by atoms with Crippen LogP contribution < -0.4 is 0 Å². The lowest BCUT2D eigenvalue weighted by Crippen LogP contribution is -2.44. The van der Waals surface area contributed by atoms with Gasteiger partial charge in [-0.1, -0.05) is 0 Å². The van der Waals surface area contributed by atoms with Crippen LogP contribution in [0.1, 0.15) is 12.8 Å². The summed E-state index contributed by atoms with van der Waals surface area (Å²) in [4.78, 5) is 32.2. The van der Waals surface area contributed by atoms with Crippen molar-refractivity contribution in [3.8, 4) is 0 Å². The van der Waals surface area contributed by atoms with Crippen molar-refractivity contribution in [2.75, 3.05) is 12.0 Å². The summed E-state index contributed by atoms with van der Waals surface area (Å²) < 4.78 is 4.36. The van der Waals surface area contributed by atoms with Crippen LogP contribution in [0.3, 0.4) is 0 Å². The van der Waals surface area contributed by atoms with Crippen molar-refractivity contribution in [2.45, 2.75) is 24.7 Å². The first-order valence-electron chi connectivity index (χ1n) is 4.80. The lowest BCUT2D eigenvalue weighted by atomic mass is 10.2. The number of carbonyl (C=O) groups is 3. The van der Waals surface area contributed by atoms with Crippen LogP contribution in [0.5, 0.6) is 0 Å². The molecule has 0 bridgehead atoms. The number of thioether (sulfide) groups is 1. The van der Waals surface area contributed by atoms with Crippen LogP contribution in [0.25, 0.3) is 0 Å². The standard InChI is InChI=1S/C9H14O8S/c1-18-3-2-5(7(12)13)17-8(14)9(15,16)4-6(10)11/h5,15-16H,2-4H2,1H3,(H,10,11)(H,12,13). The Bertz CT molecular complexity index is 327. The zero-order valence-electron chi connectivity index (χ0n) is 9.53. The van der Waals surface area contributed by atoms with E-state index >= 15 is 0 Å². The van der Waals surface area contributed by atoms with E-state index < -0.39 is 36.2 Å². The summed E-state index contributed by atoms with van der Waals surface area (Å²) in [5, 5.41) is 35.3. The lowest BCUT2D eigenvalue weighted by molar-refractivity contribution is -0.219. The van der Waals surface area contributed by atoms with Crippen LogP contribution in [0, 0.1) is 0 Å². The Balaban J connectivity index is 4.58. The molecular formula is C9H14O8S. The molecule has 4 N–H and O–H groups in total. The third-order valence-corrected chi connectivity index (χ3v) is 2.48. The molecule has 0 heterocycles. The molecule has 1 unspecified atom stereocenters. The number of ether oxygens (including phenoxy) is 1. The molecule has 0 aromatic heterocycles. The van der Waals surface area contributed by atoms with Gasteiger partial charge in [-0.05, 0) is 12.0 Å². The van der Waals surface area contributed by atoms with Crippen molar-refractivity contribution in [1.82, 2.24) is 0 Å². The molecule has 0 spiro atoms. The van der Waals surface area contributed by atoms with Gasteiger partial charge in [-0.2, -0.15) is 11.8 Å². The highest BCUT2D eigenvalue weighted by atomic mass is 32.2. The van der Waals surface area contributed by atoms with Crippen LogP contribution in [-0.2, 0) is 19.1 Å². The predicted molar refractivity (Wildman–Crippen MR) is 59.9 cm³/mol. The average molecular weight is 282 g/mol. The van der Waals surface area contributed by atoms with Crippen LogP contribution in [0.4, 0.5) is 0 Å². The summed E-state index contributed by atoms with van der Waals surface area (Å²) in [6.45, 7) is 0. The minimum Gasteiger partial charge on any atom is -0.481 e. The number of hydrogen-bond donors (Lipinski definition) is 4. The van der Waals surface area contributed by atoms with Crippen LogP contribution in [-0.4, -0.2) is 62.2 Å². The Morgan fingerprint density at radius 2 is 1.83 bits per heavy atom. The first kappa shape index (κ1) is 16.7. The average Bonchev–Trinajstić information content (AvgIpc) is 2.21. The Kier molecular flexibility index (Phi) is 6.66. The maximum Gasteiger partial charge on any atom is 0.367 e. The van der Waals surface area contributed by atoms with Gasteiger partial charge in [0.05, 0.1) is 0 Å². The van der Waals surface area contributed by atoms with Gasteiger partial charge in [0, 0.05) is 6.42 Å². The SMILES string of the molecule is CSCCC(OC(=O)C(O)(O)CC(=O)O)C(=O)O. The molecule has 0 aliphatic heterocycles. The van der Waals surface area contributed by atoms with Crippen LogP contribution >= 0.6 is 11.8 Å². The molecule has 0 aromatic rings. The van der Waals surface area contributed by atoms with E-state index in [1.165, 1.54) is 11.8 Å². The van der Waals surface area contributed by atoms with E-state index in [9.17, 15) is 14.4 Å². The number of rotatable bonds is 8. The van der Waals surface area contributed by atoms with Crippen molar-refractivity contribution in [3.63, 3.8) is 0 Å². The Morgan fingerprint density at radius 3 is 2.22 bits per heavy atom. The number of aliphatic carboxylic acids is 2. The summed E-state index contributed by atoms with van der Waals surface area (Å²) in [6, 6.07) is 0. The largest absolute Gasteiger partial charge is 0.481 e. The maximum absolute atomic E-state index is 11.2. The van der Waals surface area contributed by atoms with Gasteiger partial charge < -0.3 is 25.2 Å². The molecule has 18 heavy (non-hydrogen) atoms. The second-order valence-electron chi connectivity index (χ2n) is 3.40. The minimum absolute atomic E-state index is 0.0224. The summed E-state index contributed by atoms with van der Waals surface area (Å²) in [6.07, 6.45) is -1.14. The van der Waals surface area contributed by atoms with Crippen LogP contribution in [0.2, 0.25) is 0 Å². The first-order valence-corrected chi connectivity index (χ1v) is 6.19. The highest BCUT2D eigenvalue weighted by Crippen LogP contribution is 2.13. The fraction of sp³-hybridized carbons (Fsp3) is 0.667. The van der Waals surface area contributed by atoms with E-state index in [1.807, 2.05) is 0 Å². The van der Waals surface area contributed by atoms with Crippen molar-refractivity contribution < 1.29 is 39.5 Å². The van der Waals surface area contributed by atoms with Crippen molar-refractivity contribution in [1.29, 1.82) is 0 Å². The molecule has 0 amide bonds. The fourth-order valence-corrected chi connectivity index (χ4v) is 1.41. The monoisotopic (exact) mass is 282 g/mol. The van der Waals surface area contributed by atoms with Gasteiger partial charge in [0.2, 0.25) is 0 Å². The fourth-order valence-electron chi connectivity index (χ4n) is 0.964. The molecule has 0 saturated carbocycles. The summed E-state index contributed by atoms with van der Waals surface area (Å²) >= 11 is 1.32. The third-order valence-electron chi connectivity index (χ3n) is 1.83. The zero-order valence-corrected chi connectivity index (χ0v) is 10.3. The topological polar surface area (TPSA) is 141 Å². The summed E-state index contributed by atoms with van der Waals surface area (Å²) in [7, 11) is 0. The van der Waals surface area contributed by atoms with Gasteiger partial charge in [0.1, 0.15) is 6.42 Å². The molecule has 0 saturated heterocycles. The molecule has 0 aromatic carbocycles. The number of carboxylic acid groups (broad SMARTS) is 2. The Labute approximate surface area is 107 Å². The first-order chi connectivity index (χ1) is 8.20. The van der Waals surface area contributed by atoms with E-state index in [2.05, 4.69) is 4.74 Å². The van der Waals surface area contributed by atoms with E-state index in [-0.39, 0.29) is 6.42 Å². The number of esters is 1. The van der Waals surface area contributed by atoms with Gasteiger partial charge >= 0.3 is 17.9 Å². The van der Waals surface area contributed by atoms with E-state index in [0.29, 0.717) is 5.75 Å². The Morgan fingerprint density at radius 1 is 1.28 bits per heavy atom. The molecule has 0 rings (SSSR count). The van der Waals surface area contributed by atoms with Crippen molar-refractivity contribution >= 4 is 29.7 Å². The normalized spacial score (nSPS) is 12.8. The number of carbonyl (C=O) groups excluding carboxylic acids is 1. The van der Waals surface area contributed by atoms with Gasteiger partial charge in [0.25, 0.3) is 5.79 Å². The quantitative estimate of drug-likeness (QED) is 0.322. The van der Waals surface area contributed by atoms with Gasteiger partial charge in [0.15, 0.2) is 6.10 Å². The molecule has 0 aliphatic rings. The number of aliphatic hydroxyl groups is 2. The number of carboxylic acids is 2. The van der Waals surface area contributed by atoms with E-state index in [1.54, 1.807) is 6.26 Å².